The van der Waals surface area contributed by atoms with E-state index in [1.807, 2.05) is 0 Å². The van der Waals surface area contributed by atoms with Gasteiger partial charge < -0.3 is 10.1 Å². The van der Waals surface area contributed by atoms with E-state index in [1.54, 1.807) is 26.0 Å². The molecule has 0 aromatic heterocycles. The van der Waals surface area contributed by atoms with Crippen LogP contribution < -0.4 is 9.62 Å². The van der Waals surface area contributed by atoms with E-state index in [1.165, 1.54) is 31.2 Å². The summed E-state index contributed by atoms with van der Waals surface area (Å²) < 4.78 is 30.4. The molecule has 0 saturated carbocycles. The summed E-state index contributed by atoms with van der Waals surface area (Å²) in [6.45, 7) is 4.38. The molecule has 0 radical (unpaired) electrons. The zero-order valence-corrected chi connectivity index (χ0v) is 18.4. The van der Waals surface area contributed by atoms with Gasteiger partial charge in [0.1, 0.15) is 6.54 Å². The summed E-state index contributed by atoms with van der Waals surface area (Å²) in [6, 6.07) is 8.62. The molecule has 2 aromatic carbocycles. The highest BCUT2D eigenvalue weighted by atomic mass is 32.2. The molecular formula is C20H23N3O7S. The molecule has 166 valence electrons. The number of nitro groups is 1. The van der Waals surface area contributed by atoms with E-state index in [-0.39, 0.29) is 29.1 Å². The van der Waals surface area contributed by atoms with Crippen molar-refractivity contribution in [3.63, 3.8) is 0 Å². The van der Waals surface area contributed by atoms with E-state index in [9.17, 15) is 28.1 Å². The molecule has 0 fully saturated rings. The first-order valence-corrected chi connectivity index (χ1v) is 11.1. The fourth-order valence-corrected chi connectivity index (χ4v) is 3.79. The van der Waals surface area contributed by atoms with Crippen molar-refractivity contribution in [2.45, 2.75) is 20.8 Å². The second-order valence-corrected chi connectivity index (χ2v) is 8.65. The number of nitro benzene ring substituents is 1. The van der Waals surface area contributed by atoms with E-state index in [0.29, 0.717) is 11.3 Å². The number of carbonyl (C=O) groups excluding carboxylic acids is 2. The number of nitrogens with zero attached hydrogens (tertiary/aromatic N) is 2. The molecule has 2 aromatic rings. The number of hydrogen-bond acceptors (Lipinski definition) is 7. The molecule has 0 atom stereocenters. The predicted octanol–water partition coefficient (Wildman–Crippen LogP) is 2.79. The first-order valence-electron chi connectivity index (χ1n) is 9.25. The van der Waals surface area contributed by atoms with Gasteiger partial charge >= 0.3 is 5.97 Å². The minimum Gasteiger partial charge on any atom is -0.462 e. The number of carbonyl (C=O) groups is 2. The molecule has 11 heteroatoms. The zero-order valence-electron chi connectivity index (χ0n) is 17.5. The summed E-state index contributed by atoms with van der Waals surface area (Å²) in [6.07, 6.45) is 0.908. The average molecular weight is 449 g/mol. The molecule has 1 N–H and O–H groups in total. The first-order chi connectivity index (χ1) is 14.5. The van der Waals surface area contributed by atoms with Crippen molar-refractivity contribution >= 4 is 39.0 Å². The second-order valence-electron chi connectivity index (χ2n) is 6.75. The van der Waals surface area contributed by atoms with Crippen LogP contribution in [0.1, 0.15) is 28.4 Å². The van der Waals surface area contributed by atoms with E-state index in [2.05, 4.69) is 5.32 Å². The molecular weight excluding hydrogens is 426 g/mol. The number of sulfonamides is 1. The number of aryl methyl sites for hydroxylation is 1. The minimum atomic E-state index is -3.93. The highest BCUT2D eigenvalue weighted by Gasteiger charge is 2.26. The highest BCUT2D eigenvalue weighted by molar-refractivity contribution is 7.92. The van der Waals surface area contributed by atoms with Crippen molar-refractivity contribution in [3.05, 3.63) is 63.2 Å². The Morgan fingerprint density at radius 1 is 1.19 bits per heavy atom. The molecule has 2 rings (SSSR count). The smallest absolute Gasteiger partial charge is 0.338 e. The van der Waals surface area contributed by atoms with Gasteiger partial charge in [0.05, 0.1) is 34.6 Å². The summed E-state index contributed by atoms with van der Waals surface area (Å²) in [7, 11) is -3.93. The van der Waals surface area contributed by atoms with Crippen molar-refractivity contribution in [2.24, 2.45) is 0 Å². The lowest BCUT2D eigenvalue weighted by Gasteiger charge is -2.23. The average Bonchev–Trinajstić information content (AvgIpc) is 2.67. The summed E-state index contributed by atoms with van der Waals surface area (Å²) >= 11 is 0. The van der Waals surface area contributed by atoms with Gasteiger partial charge in [-0.05, 0) is 44.5 Å². The maximum Gasteiger partial charge on any atom is 0.338 e. The number of nitrogens with one attached hydrogen (secondary N) is 1. The van der Waals surface area contributed by atoms with Gasteiger partial charge in [-0.3, -0.25) is 19.2 Å². The van der Waals surface area contributed by atoms with Crippen LogP contribution in [0, 0.1) is 24.0 Å². The Balaban J connectivity index is 2.34. The number of esters is 1. The molecule has 0 saturated heterocycles. The summed E-state index contributed by atoms with van der Waals surface area (Å²) in [4.78, 5) is 35.2. The fourth-order valence-electron chi connectivity index (χ4n) is 2.88. The second kappa shape index (κ2) is 9.56. The molecule has 0 spiro atoms. The Morgan fingerprint density at radius 2 is 1.87 bits per heavy atom. The lowest BCUT2D eigenvalue weighted by molar-refractivity contribution is -0.385. The molecule has 31 heavy (non-hydrogen) atoms. The molecule has 0 heterocycles. The van der Waals surface area contributed by atoms with Gasteiger partial charge in [-0.25, -0.2) is 13.2 Å². The molecule has 0 aliphatic heterocycles. The van der Waals surface area contributed by atoms with E-state index >= 15 is 0 Å². The maximum atomic E-state index is 12.7. The third-order valence-corrected chi connectivity index (χ3v) is 5.58. The molecule has 1 amide bonds. The Morgan fingerprint density at radius 3 is 2.45 bits per heavy atom. The van der Waals surface area contributed by atoms with Crippen molar-refractivity contribution in [3.8, 4) is 0 Å². The Kier molecular flexibility index (Phi) is 7.34. The molecule has 0 bridgehead atoms. The van der Waals surface area contributed by atoms with Gasteiger partial charge in [-0.2, -0.15) is 0 Å². The first kappa shape index (κ1) is 23.8. The quantitative estimate of drug-likeness (QED) is 0.372. The number of amides is 1. The SMILES string of the molecule is CCOC(=O)c1ccc(C)c(NC(=O)CN(c2cccc([N+](=O)[O-])c2C)S(C)(=O)=O)c1. The third-order valence-electron chi connectivity index (χ3n) is 4.45. The number of anilines is 2. The van der Waals surface area contributed by atoms with Crippen LogP contribution in [0.2, 0.25) is 0 Å². The van der Waals surface area contributed by atoms with Crippen LogP contribution in [0.15, 0.2) is 36.4 Å². The van der Waals surface area contributed by atoms with Gasteiger partial charge in [0.25, 0.3) is 5.69 Å². The van der Waals surface area contributed by atoms with Crippen molar-refractivity contribution in [1.29, 1.82) is 0 Å². The fraction of sp³-hybridized carbons (Fsp3) is 0.300. The molecule has 0 aliphatic carbocycles. The van der Waals surface area contributed by atoms with Crippen LogP contribution >= 0.6 is 0 Å². The number of benzene rings is 2. The predicted molar refractivity (Wildman–Crippen MR) is 116 cm³/mol. The summed E-state index contributed by atoms with van der Waals surface area (Å²) in [5.41, 5.74) is 1.09. The maximum absolute atomic E-state index is 12.7. The van der Waals surface area contributed by atoms with Crippen molar-refractivity contribution < 1.29 is 27.7 Å². The van der Waals surface area contributed by atoms with Crippen molar-refractivity contribution in [2.75, 3.05) is 29.0 Å². The van der Waals surface area contributed by atoms with Gasteiger partial charge in [0.2, 0.25) is 15.9 Å². The molecule has 10 nitrogen and oxygen atoms in total. The van der Waals surface area contributed by atoms with Crippen LogP contribution in [0.4, 0.5) is 17.1 Å². The van der Waals surface area contributed by atoms with E-state index in [4.69, 9.17) is 4.74 Å². The summed E-state index contributed by atoms with van der Waals surface area (Å²) in [5, 5.41) is 13.8. The van der Waals surface area contributed by atoms with Crippen LogP contribution in [0.25, 0.3) is 0 Å². The van der Waals surface area contributed by atoms with Crippen LogP contribution in [-0.4, -0.2) is 44.6 Å². The lowest BCUT2D eigenvalue weighted by atomic mass is 10.1. The Labute approximate surface area is 180 Å². The van der Waals surface area contributed by atoms with Gasteiger partial charge in [-0.1, -0.05) is 12.1 Å². The third kappa shape index (κ3) is 5.79. The zero-order chi connectivity index (χ0) is 23.3. The van der Waals surface area contributed by atoms with Crippen LogP contribution in [0.3, 0.4) is 0 Å². The minimum absolute atomic E-state index is 0.0313. The van der Waals surface area contributed by atoms with Gasteiger partial charge in [-0.15, -0.1) is 0 Å². The molecule has 0 aliphatic rings. The Bertz CT molecular complexity index is 1130. The van der Waals surface area contributed by atoms with Crippen LogP contribution in [0.5, 0.6) is 0 Å². The van der Waals surface area contributed by atoms with Crippen LogP contribution in [-0.2, 0) is 19.6 Å². The largest absolute Gasteiger partial charge is 0.462 e. The normalized spacial score (nSPS) is 11.0. The monoisotopic (exact) mass is 449 g/mol. The standard InChI is InChI=1S/C20H23N3O7S/c1-5-30-20(25)15-10-9-13(2)16(11-15)21-19(24)12-22(31(4,28)29)17-7-6-8-18(14(17)3)23(26)27/h6-11H,5,12H2,1-4H3,(H,21,24). The Hall–Kier alpha value is -3.47. The lowest BCUT2D eigenvalue weighted by Crippen LogP contribution is -2.38. The van der Waals surface area contributed by atoms with E-state index in [0.717, 1.165) is 10.6 Å². The number of rotatable bonds is 8. The van der Waals surface area contributed by atoms with Crippen molar-refractivity contribution in [1.82, 2.24) is 0 Å². The highest BCUT2D eigenvalue weighted by Crippen LogP contribution is 2.29. The van der Waals surface area contributed by atoms with Gasteiger partial charge in [0, 0.05) is 11.8 Å². The number of hydrogen-bond donors (Lipinski definition) is 1. The van der Waals surface area contributed by atoms with E-state index < -0.39 is 33.4 Å². The number of ether oxygens (including phenoxy) is 1. The topological polar surface area (TPSA) is 136 Å². The summed E-state index contributed by atoms with van der Waals surface area (Å²) in [5.74, 6) is -1.23. The van der Waals surface area contributed by atoms with Gasteiger partial charge in [0.15, 0.2) is 0 Å². The molecule has 0 unspecified atom stereocenters.